The van der Waals surface area contributed by atoms with E-state index >= 15 is 0 Å². The van der Waals surface area contributed by atoms with E-state index in [0.29, 0.717) is 22.6 Å². The molecule has 2 aromatic rings. The van der Waals surface area contributed by atoms with Gasteiger partial charge in [0.25, 0.3) is 0 Å². The standard InChI is InChI=1S/C12H11FN2S2/c1-2-7-17-8-6-15-11-9(13)4-3-5-10(11)14-12(15)16/h1,3-5H,6-8H2,(H,14,16). The summed E-state index contributed by atoms with van der Waals surface area (Å²) in [5.41, 5.74) is 1.27. The van der Waals surface area contributed by atoms with Crippen molar-refractivity contribution in [3.8, 4) is 12.3 Å². The van der Waals surface area contributed by atoms with Gasteiger partial charge in [0.15, 0.2) is 4.77 Å². The summed E-state index contributed by atoms with van der Waals surface area (Å²) in [6.07, 6.45) is 5.17. The summed E-state index contributed by atoms with van der Waals surface area (Å²) in [6.45, 7) is 0.659. The Labute approximate surface area is 108 Å². The van der Waals surface area contributed by atoms with Gasteiger partial charge in [0.2, 0.25) is 0 Å². The molecule has 17 heavy (non-hydrogen) atoms. The molecule has 1 aromatic carbocycles. The molecule has 1 heterocycles. The van der Waals surface area contributed by atoms with E-state index in [0.717, 1.165) is 11.3 Å². The Balaban J connectivity index is 2.30. The minimum Gasteiger partial charge on any atom is -0.330 e. The molecular weight excluding hydrogens is 255 g/mol. The van der Waals surface area contributed by atoms with Gasteiger partial charge in [-0.25, -0.2) is 4.39 Å². The Morgan fingerprint density at radius 1 is 1.53 bits per heavy atom. The molecule has 0 fully saturated rings. The van der Waals surface area contributed by atoms with Crippen molar-refractivity contribution in [2.24, 2.45) is 0 Å². The van der Waals surface area contributed by atoms with E-state index in [9.17, 15) is 4.39 Å². The number of aromatic amines is 1. The monoisotopic (exact) mass is 266 g/mol. The van der Waals surface area contributed by atoms with E-state index in [1.807, 2.05) is 6.07 Å². The highest BCUT2D eigenvalue weighted by atomic mass is 32.2. The van der Waals surface area contributed by atoms with Crippen LogP contribution in [0.3, 0.4) is 0 Å². The number of nitrogens with zero attached hydrogens (tertiary/aromatic N) is 1. The highest BCUT2D eigenvalue weighted by molar-refractivity contribution is 7.99. The van der Waals surface area contributed by atoms with Crippen LogP contribution < -0.4 is 0 Å². The van der Waals surface area contributed by atoms with Gasteiger partial charge in [-0.3, -0.25) is 0 Å². The van der Waals surface area contributed by atoms with Crippen molar-refractivity contribution in [3.63, 3.8) is 0 Å². The molecule has 0 unspecified atom stereocenters. The van der Waals surface area contributed by atoms with Crippen molar-refractivity contribution in [1.29, 1.82) is 0 Å². The molecule has 1 N–H and O–H groups in total. The Kier molecular flexibility index (Phi) is 3.87. The third-order valence-electron chi connectivity index (χ3n) is 2.39. The third kappa shape index (κ3) is 2.54. The van der Waals surface area contributed by atoms with Crippen molar-refractivity contribution >= 4 is 35.0 Å². The smallest absolute Gasteiger partial charge is 0.178 e. The molecule has 5 heteroatoms. The van der Waals surface area contributed by atoms with Crippen molar-refractivity contribution < 1.29 is 4.39 Å². The lowest BCUT2D eigenvalue weighted by molar-refractivity contribution is 0.626. The highest BCUT2D eigenvalue weighted by Crippen LogP contribution is 2.18. The second-order valence-electron chi connectivity index (χ2n) is 3.47. The Morgan fingerprint density at radius 2 is 2.35 bits per heavy atom. The maximum atomic E-state index is 13.7. The van der Waals surface area contributed by atoms with Crippen LogP contribution in [-0.2, 0) is 6.54 Å². The molecule has 0 aliphatic heterocycles. The van der Waals surface area contributed by atoms with Gasteiger partial charge < -0.3 is 9.55 Å². The summed E-state index contributed by atoms with van der Waals surface area (Å²) in [7, 11) is 0. The second-order valence-corrected chi connectivity index (χ2v) is 4.97. The summed E-state index contributed by atoms with van der Waals surface area (Å²) >= 11 is 6.82. The molecule has 0 bridgehead atoms. The average molecular weight is 266 g/mol. The van der Waals surface area contributed by atoms with E-state index in [-0.39, 0.29) is 5.82 Å². The molecule has 0 aliphatic carbocycles. The van der Waals surface area contributed by atoms with Gasteiger partial charge in [0.1, 0.15) is 11.3 Å². The van der Waals surface area contributed by atoms with E-state index < -0.39 is 0 Å². The molecule has 0 spiro atoms. The fourth-order valence-corrected chi connectivity index (χ4v) is 2.54. The van der Waals surface area contributed by atoms with Gasteiger partial charge >= 0.3 is 0 Å². The van der Waals surface area contributed by atoms with Crippen molar-refractivity contribution in [3.05, 3.63) is 28.8 Å². The van der Waals surface area contributed by atoms with Gasteiger partial charge in [-0.15, -0.1) is 18.2 Å². The molecule has 0 saturated carbocycles. The van der Waals surface area contributed by atoms with Crippen LogP contribution in [0.1, 0.15) is 0 Å². The summed E-state index contributed by atoms with van der Waals surface area (Å²) in [6, 6.07) is 4.93. The van der Waals surface area contributed by atoms with Gasteiger partial charge in [-0.2, -0.15) is 0 Å². The zero-order valence-electron chi connectivity index (χ0n) is 9.07. The van der Waals surface area contributed by atoms with Crippen LogP contribution in [0.2, 0.25) is 0 Å². The molecule has 0 saturated heterocycles. The van der Waals surface area contributed by atoms with Crippen molar-refractivity contribution in [1.82, 2.24) is 9.55 Å². The number of aryl methyl sites for hydroxylation is 1. The first-order chi connectivity index (χ1) is 8.24. The first-order valence-electron chi connectivity index (χ1n) is 5.12. The number of para-hydroxylation sites is 1. The SMILES string of the molecule is C#CCSCCn1c(=S)[nH]c2cccc(F)c21. The lowest BCUT2D eigenvalue weighted by Crippen LogP contribution is -2.02. The summed E-state index contributed by atoms with van der Waals surface area (Å²) in [4.78, 5) is 3.00. The Hall–Kier alpha value is -1.25. The molecule has 0 atom stereocenters. The number of halogens is 1. The number of H-pyrrole nitrogens is 1. The van der Waals surface area contributed by atoms with Crippen LogP contribution in [0.4, 0.5) is 4.39 Å². The second kappa shape index (κ2) is 5.39. The van der Waals surface area contributed by atoms with E-state index in [4.69, 9.17) is 18.6 Å². The average Bonchev–Trinajstić information content (AvgIpc) is 2.62. The normalized spacial score (nSPS) is 10.6. The molecular formula is C12H11FN2S2. The number of thioether (sulfide) groups is 1. The fraction of sp³-hybridized carbons (Fsp3) is 0.250. The molecule has 0 radical (unpaired) electrons. The van der Waals surface area contributed by atoms with Crippen LogP contribution in [0, 0.1) is 22.9 Å². The fourth-order valence-electron chi connectivity index (χ4n) is 1.68. The van der Waals surface area contributed by atoms with Crippen LogP contribution in [0.15, 0.2) is 18.2 Å². The highest BCUT2D eigenvalue weighted by Gasteiger charge is 2.08. The number of nitrogens with one attached hydrogen (secondary N) is 1. The lowest BCUT2D eigenvalue weighted by Gasteiger charge is -2.03. The molecule has 2 nitrogen and oxygen atoms in total. The van der Waals surface area contributed by atoms with E-state index in [1.165, 1.54) is 6.07 Å². The lowest BCUT2D eigenvalue weighted by atomic mass is 10.3. The summed E-state index contributed by atoms with van der Waals surface area (Å²) in [5, 5.41) is 0. The first kappa shape index (κ1) is 12.2. The number of aromatic nitrogens is 2. The van der Waals surface area contributed by atoms with E-state index in [1.54, 1.807) is 22.4 Å². The van der Waals surface area contributed by atoms with Gasteiger partial charge in [0.05, 0.1) is 11.3 Å². The van der Waals surface area contributed by atoms with Crippen LogP contribution in [0.5, 0.6) is 0 Å². The van der Waals surface area contributed by atoms with Crippen LogP contribution >= 0.6 is 24.0 Å². The van der Waals surface area contributed by atoms with Gasteiger partial charge in [0, 0.05) is 12.3 Å². The number of rotatable bonds is 4. The minimum absolute atomic E-state index is 0.253. The number of benzene rings is 1. The maximum absolute atomic E-state index is 13.7. The minimum atomic E-state index is -0.253. The van der Waals surface area contributed by atoms with Crippen LogP contribution in [0.25, 0.3) is 11.0 Å². The van der Waals surface area contributed by atoms with Crippen molar-refractivity contribution in [2.45, 2.75) is 6.54 Å². The zero-order valence-corrected chi connectivity index (χ0v) is 10.7. The molecule has 0 amide bonds. The Morgan fingerprint density at radius 3 is 3.12 bits per heavy atom. The molecule has 88 valence electrons. The maximum Gasteiger partial charge on any atom is 0.178 e. The number of imidazole rings is 1. The largest absolute Gasteiger partial charge is 0.330 e. The quantitative estimate of drug-likeness (QED) is 0.521. The number of hydrogen-bond donors (Lipinski definition) is 1. The molecule has 0 aliphatic rings. The number of hydrogen-bond acceptors (Lipinski definition) is 2. The predicted molar refractivity (Wildman–Crippen MR) is 73.2 cm³/mol. The predicted octanol–water partition coefficient (Wildman–Crippen LogP) is 3.20. The molecule has 2 rings (SSSR count). The third-order valence-corrected chi connectivity index (χ3v) is 3.55. The summed E-state index contributed by atoms with van der Waals surface area (Å²) < 4.78 is 16.0. The van der Waals surface area contributed by atoms with Crippen molar-refractivity contribution in [2.75, 3.05) is 11.5 Å². The van der Waals surface area contributed by atoms with Gasteiger partial charge in [-0.1, -0.05) is 12.0 Å². The topological polar surface area (TPSA) is 20.7 Å². The van der Waals surface area contributed by atoms with Crippen LogP contribution in [-0.4, -0.2) is 21.1 Å². The Bertz CT molecular complexity index is 621. The molecule has 1 aromatic heterocycles. The zero-order chi connectivity index (χ0) is 12.3. The number of terminal acetylenes is 1. The number of fused-ring (bicyclic) bond motifs is 1. The first-order valence-corrected chi connectivity index (χ1v) is 6.68. The van der Waals surface area contributed by atoms with Gasteiger partial charge in [-0.05, 0) is 24.4 Å². The summed E-state index contributed by atoms with van der Waals surface area (Å²) in [5.74, 6) is 3.79. The van der Waals surface area contributed by atoms with E-state index in [2.05, 4.69) is 10.9 Å².